The van der Waals surface area contributed by atoms with Gasteiger partial charge >= 0.3 is 0 Å². The van der Waals surface area contributed by atoms with E-state index in [1.165, 1.54) is 6.07 Å². The van der Waals surface area contributed by atoms with Crippen LogP contribution < -0.4 is 10.1 Å². The third-order valence-corrected chi connectivity index (χ3v) is 5.45. The number of hydrogen-bond acceptors (Lipinski definition) is 5. The minimum absolute atomic E-state index is 0.229. The Morgan fingerprint density at radius 1 is 1.30 bits per heavy atom. The van der Waals surface area contributed by atoms with Gasteiger partial charge in [0.1, 0.15) is 17.2 Å². The van der Waals surface area contributed by atoms with Crippen molar-refractivity contribution in [1.82, 2.24) is 4.98 Å². The number of benzene rings is 1. The van der Waals surface area contributed by atoms with Crippen LogP contribution in [0.1, 0.15) is 15.4 Å². The molecule has 0 aliphatic rings. The summed E-state index contributed by atoms with van der Waals surface area (Å²) in [6.45, 7) is 0.260. The fourth-order valence-electron chi connectivity index (χ4n) is 2.17. The molecule has 27 heavy (non-hydrogen) atoms. The van der Waals surface area contributed by atoms with Crippen molar-refractivity contribution in [3.8, 4) is 5.75 Å². The summed E-state index contributed by atoms with van der Waals surface area (Å²) in [6.07, 6.45) is 1.67. The summed E-state index contributed by atoms with van der Waals surface area (Å²) >= 11 is 7.65. The molecule has 0 aliphatic carbocycles. The van der Waals surface area contributed by atoms with E-state index in [1.807, 2.05) is 18.2 Å². The highest BCUT2D eigenvalue weighted by Crippen LogP contribution is 2.33. The van der Waals surface area contributed by atoms with Crippen molar-refractivity contribution in [2.45, 2.75) is 17.3 Å². The van der Waals surface area contributed by atoms with Crippen LogP contribution in [0.3, 0.4) is 0 Å². The number of rotatable bonds is 7. The summed E-state index contributed by atoms with van der Waals surface area (Å²) in [4.78, 5) is 17.0. The zero-order valence-electron chi connectivity index (χ0n) is 13.7. The van der Waals surface area contributed by atoms with Crippen molar-refractivity contribution in [2.24, 2.45) is 0 Å². The normalized spacial score (nSPS) is 10.8. The smallest absolute Gasteiger partial charge is 0.288 e. The van der Waals surface area contributed by atoms with Crippen LogP contribution in [-0.2, 0) is 6.61 Å². The van der Waals surface area contributed by atoms with E-state index in [4.69, 9.17) is 16.3 Å². The van der Waals surface area contributed by atoms with Crippen LogP contribution in [0.25, 0.3) is 0 Å². The third kappa shape index (κ3) is 5.41. The largest absolute Gasteiger partial charge is 0.486 e. The number of carbonyl (C=O) groups is 1. The molecule has 1 amide bonds. The summed E-state index contributed by atoms with van der Waals surface area (Å²) in [5.41, 5.74) is 1.20. The predicted octanol–water partition coefficient (Wildman–Crippen LogP) is 5.94. The molecule has 4 nitrogen and oxygen atoms in total. The molecule has 1 aromatic carbocycles. The fourth-order valence-corrected chi connectivity index (χ4v) is 4.00. The summed E-state index contributed by atoms with van der Waals surface area (Å²) in [7, 11) is 0. The van der Waals surface area contributed by atoms with E-state index in [0.29, 0.717) is 28.2 Å². The number of carbonyl (C=O) groups excluding carboxylic acids is 1. The lowest BCUT2D eigenvalue weighted by Crippen LogP contribution is -2.11. The lowest BCUT2D eigenvalue weighted by molar-refractivity contribution is 0.102. The van der Waals surface area contributed by atoms with Crippen LogP contribution in [0, 0.1) is 0 Å². The lowest BCUT2D eigenvalue weighted by atomic mass is 10.3. The molecule has 0 atom stereocenters. The van der Waals surface area contributed by atoms with E-state index in [-0.39, 0.29) is 16.4 Å². The number of anilines is 1. The molecule has 0 saturated heterocycles. The topological polar surface area (TPSA) is 51.2 Å². The minimum atomic E-state index is -2.59. The number of alkyl halides is 2. The first kappa shape index (κ1) is 19.6. The molecule has 2 heterocycles. The van der Waals surface area contributed by atoms with Crippen molar-refractivity contribution < 1.29 is 18.3 Å². The summed E-state index contributed by atoms with van der Waals surface area (Å²) in [6, 6.07) is 11.8. The van der Waals surface area contributed by atoms with Gasteiger partial charge in [0.05, 0.1) is 10.7 Å². The third-order valence-electron chi connectivity index (χ3n) is 3.34. The fraction of sp³-hybridized carbons (Fsp3) is 0.111. The number of aromatic nitrogens is 1. The van der Waals surface area contributed by atoms with Gasteiger partial charge in [-0.1, -0.05) is 29.4 Å². The quantitative estimate of drug-likeness (QED) is 0.475. The van der Waals surface area contributed by atoms with Gasteiger partial charge in [0, 0.05) is 16.8 Å². The van der Waals surface area contributed by atoms with E-state index in [9.17, 15) is 13.6 Å². The van der Waals surface area contributed by atoms with E-state index < -0.39 is 11.7 Å². The summed E-state index contributed by atoms with van der Waals surface area (Å²) in [5, 5.41) is 4.58. The van der Waals surface area contributed by atoms with E-state index in [0.717, 1.165) is 17.0 Å². The minimum Gasteiger partial charge on any atom is -0.486 e. The van der Waals surface area contributed by atoms with Crippen molar-refractivity contribution >= 4 is 46.3 Å². The van der Waals surface area contributed by atoms with Gasteiger partial charge in [-0.15, -0.1) is 11.3 Å². The van der Waals surface area contributed by atoms with Crippen LogP contribution in [0.2, 0.25) is 5.02 Å². The summed E-state index contributed by atoms with van der Waals surface area (Å²) in [5.74, 6) is -2.60. The highest BCUT2D eigenvalue weighted by atomic mass is 35.5. The first-order valence-corrected chi connectivity index (χ1v) is 9.82. The number of hydrogen-bond donors (Lipinski definition) is 1. The molecule has 1 N–H and O–H groups in total. The molecule has 0 fully saturated rings. The highest BCUT2D eigenvalue weighted by molar-refractivity contribution is 7.99. The van der Waals surface area contributed by atoms with Crippen LogP contribution >= 0.6 is 34.7 Å². The molecule has 0 radical (unpaired) electrons. The number of nitrogens with one attached hydrogen (secondary N) is 1. The molecule has 0 saturated carbocycles. The number of halogens is 3. The second kappa shape index (κ2) is 9.16. The maximum Gasteiger partial charge on any atom is 0.288 e. The molecule has 0 spiro atoms. The summed E-state index contributed by atoms with van der Waals surface area (Å²) < 4.78 is 30.7. The second-order valence-electron chi connectivity index (χ2n) is 5.20. The van der Waals surface area contributed by atoms with Gasteiger partial charge in [0.2, 0.25) is 0 Å². The molecule has 3 aromatic rings. The lowest BCUT2D eigenvalue weighted by Gasteiger charge is -2.10. The van der Waals surface area contributed by atoms with Crippen molar-refractivity contribution in [3.63, 3.8) is 0 Å². The Morgan fingerprint density at radius 2 is 2.15 bits per heavy atom. The molecular weight excluding hydrogens is 414 g/mol. The van der Waals surface area contributed by atoms with Crippen molar-refractivity contribution in [1.29, 1.82) is 0 Å². The van der Waals surface area contributed by atoms with Crippen LogP contribution in [0.5, 0.6) is 5.75 Å². The first-order valence-electron chi connectivity index (χ1n) is 7.69. The average molecular weight is 427 g/mol. The molecule has 0 bridgehead atoms. The molecule has 2 aromatic heterocycles. The monoisotopic (exact) mass is 426 g/mol. The van der Waals surface area contributed by atoms with E-state index in [1.54, 1.807) is 29.8 Å². The zero-order chi connectivity index (χ0) is 19.2. The van der Waals surface area contributed by atoms with Gasteiger partial charge in [0.25, 0.3) is 11.7 Å². The van der Waals surface area contributed by atoms with E-state index >= 15 is 0 Å². The number of pyridine rings is 1. The van der Waals surface area contributed by atoms with Gasteiger partial charge in [-0.2, -0.15) is 8.78 Å². The maximum atomic E-state index is 12.6. The Bertz CT molecular complexity index is 923. The Hall–Kier alpha value is -2.16. The Labute approximate surface area is 167 Å². The number of ether oxygens (including phenoxy) is 1. The first-order chi connectivity index (χ1) is 13.0. The van der Waals surface area contributed by atoms with E-state index in [2.05, 4.69) is 10.3 Å². The number of thiophene rings is 1. The van der Waals surface area contributed by atoms with Gasteiger partial charge in [-0.3, -0.25) is 9.78 Å². The van der Waals surface area contributed by atoms with Crippen LogP contribution in [-0.4, -0.2) is 16.6 Å². The molecule has 9 heteroatoms. The maximum absolute atomic E-state index is 12.6. The highest BCUT2D eigenvalue weighted by Gasteiger charge is 2.17. The Morgan fingerprint density at radius 3 is 2.85 bits per heavy atom. The molecular formula is C18H13ClF2N2O2S2. The Kier molecular flexibility index (Phi) is 6.65. The SMILES string of the molecule is O=C(Nc1ccc(OCc2ccccn2)c(Cl)c1)c1sccc1SC(F)F. The molecule has 3 rings (SSSR count). The van der Waals surface area contributed by atoms with Gasteiger partial charge in [-0.05, 0) is 41.8 Å². The predicted molar refractivity (Wildman–Crippen MR) is 104 cm³/mol. The zero-order valence-corrected chi connectivity index (χ0v) is 16.1. The average Bonchev–Trinajstić information content (AvgIpc) is 3.09. The molecule has 0 aliphatic heterocycles. The second-order valence-corrected chi connectivity index (χ2v) is 7.56. The van der Waals surface area contributed by atoms with Crippen molar-refractivity contribution in [2.75, 3.05) is 5.32 Å². The van der Waals surface area contributed by atoms with Gasteiger partial charge in [0.15, 0.2) is 0 Å². The van der Waals surface area contributed by atoms with Gasteiger partial charge in [-0.25, -0.2) is 0 Å². The Balaban J connectivity index is 1.65. The van der Waals surface area contributed by atoms with Gasteiger partial charge < -0.3 is 10.1 Å². The van der Waals surface area contributed by atoms with Crippen LogP contribution in [0.4, 0.5) is 14.5 Å². The van der Waals surface area contributed by atoms with Crippen LogP contribution in [0.15, 0.2) is 58.9 Å². The molecule has 0 unspecified atom stereocenters. The standard InChI is InChI=1S/C18H13ClF2N2O2S2/c19-13-9-11(4-5-14(13)25-10-12-3-1-2-7-22-12)23-17(24)16-15(6-8-26-16)27-18(20)21/h1-9,18H,10H2,(H,23,24). The number of amides is 1. The number of thioether (sulfide) groups is 1. The number of nitrogens with zero attached hydrogens (tertiary/aromatic N) is 1. The molecule has 140 valence electrons. The van der Waals surface area contributed by atoms with Crippen molar-refractivity contribution in [3.05, 3.63) is 69.6 Å².